The fraction of sp³-hybridized carbons (Fsp3) is 0.926. The minimum absolute atomic E-state index is 0.0659. The molecule has 1 N–H and O–H groups in total. The molecule has 0 radical (unpaired) electrons. The molecule has 0 amide bonds. The van der Waals surface area contributed by atoms with Crippen molar-refractivity contribution in [1.29, 1.82) is 0 Å². The van der Waals surface area contributed by atoms with Gasteiger partial charge in [-0.15, -0.1) is 0 Å². The first-order valence-electron chi connectivity index (χ1n) is 12.6. The predicted molar refractivity (Wildman–Crippen MR) is 119 cm³/mol. The Bertz CT molecular complexity index is 605. The highest BCUT2D eigenvalue weighted by Crippen LogP contribution is 2.68. The molecule has 0 aromatic carbocycles. The van der Waals surface area contributed by atoms with Crippen molar-refractivity contribution in [3.8, 4) is 0 Å². The SMILES string of the molecule is CC(C)CCC[C@@H](C)[C@H]1CC[C@H]2[C@@H]3CC=C4CCCC[C@]4(C)C3(O)CC[C@]12C. The van der Waals surface area contributed by atoms with E-state index in [1.54, 1.807) is 5.57 Å². The number of rotatable bonds is 5. The summed E-state index contributed by atoms with van der Waals surface area (Å²) in [6.07, 6.45) is 18.1. The molecule has 0 aromatic rings. The van der Waals surface area contributed by atoms with Gasteiger partial charge in [0.1, 0.15) is 0 Å². The van der Waals surface area contributed by atoms with Crippen LogP contribution in [-0.2, 0) is 0 Å². The van der Waals surface area contributed by atoms with Crippen LogP contribution in [0.25, 0.3) is 0 Å². The molecule has 0 heterocycles. The normalized spacial score (nSPS) is 46.5. The number of hydrogen-bond acceptors (Lipinski definition) is 1. The highest BCUT2D eigenvalue weighted by molar-refractivity contribution is 5.29. The summed E-state index contributed by atoms with van der Waals surface area (Å²) in [5.41, 5.74) is 1.70. The lowest BCUT2D eigenvalue weighted by Gasteiger charge is -2.62. The summed E-state index contributed by atoms with van der Waals surface area (Å²) < 4.78 is 0. The average molecular weight is 387 g/mol. The van der Waals surface area contributed by atoms with Gasteiger partial charge >= 0.3 is 0 Å². The number of hydrogen-bond donors (Lipinski definition) is 1. The van der Waals surface area contributed by atoms with Crippen LogP contribution in [-0.4, -0.2) is 10.7 Å². The minimum atomic E-state index is -0.433. The molecule has 7 atom stereocenters. The summed E-state index contributed by atoms with van der Waals surface area (Å²) in [5.74, 6) is 3.80. The molecule has 28 heavy (non-hydrogen) atoms. The van der Waals surface area contributed by atoms with Crippen LogP contribution in [0, 0.1) is 40.4 Å². The second-order valence-electron chi connectivity index (χ2n) is 12.1. The fourth-order valence-corrected chi connectivity index (χ4v) is 8.65. The van der Waals surface area contributed by atoms with E-state index in [2.05, 4.69) is 40.7 Å². The highest BCUT2D eigenvalue weighted by atomic mass is 16.3. The summed E-state index contributed by atoms with van der Waals surface area (Å²) in [6, 6.07) is 0. The zero-order chi connectivity index (χ0) is 20.2. The molecule has 4 aliphatic rings. The van der Waals surface area contributed by atoms with Crippen LogP contribution in [0.15, 0.2) is 11.6 Å². The van der Waals surface area contributed by atoms with Crippen LogP contribution in [0.4, 0.5) is 0 Å². The lowest BCUT2D eigenvalue weighted by atomic mass is 9.45. The van der Waals surface area contributed by atoms with E-state index in [0.717, 1.165) is 36.5 Å². The summed E-state index contributed by atoms with van der Waals surface area (Å²) in [7, 11) is 0. The molecule has 1 unspecified atom stereocenters. The van der Waals surface area contributed by atoms with Crippen LogP contribution in [0.1, 0.15) is 112 Å². The van der Waals surface area contributed by atoms with Crippen molar-refractivity contribution in [2.45, 2.75) is 117 Å². The van der Waals surface area contributed by atoms with Gasteiger partial charge in [0, 0.05) is 5.41 Å². The molecule has 0 aromatic heterocycles. The molecule has 0 bridgehead atoms. The maximum atomic E-state index is 12.2. The summed E-state index contributed by atoms with van der Waals surface area (Å²) >= 11 is 0. The average Bonchev–Trinajstić information content (AvgIpc) is 2.99. The fourth-order valence-electron chi connectivity index (χ4n) is 8.65. The van der Waals surface area contributed by atoms with Crippen molar-refractivity contribution in [3.63, 3.8) is 0 Å². The number of fused-ring (bicyclic) bond motifs is 5. The predicted octanol–water partition coefficient (Wildman–Crippen LogP) is 7.53. The smallest absolute Gasteiger partial charge is 0.0771 e. The van der Waals surface area contributed by atoms with Gasteiger partial charge in [-0.2, -0.15) is 0 Å². The van der Waals surface area contributed by atoms with Gasteiger partial charge in [-0.1, -0.05) is 72.0 Å². The second kappa shape index (κ2) is 7.44. The maximum Gasteiger partial charge on any atom is 0.0771 e. The molecule has 0 saturated heterocycles. The third-order valence-electron chi connectivity index (χ3n) is 10.4. The summed E-state index contributed by atoms with van der Waals surface area (Å²) in [4.78, 5) is 0. The van der Waals surface area contributed by atoms with Crippen LogP contribution in [0.2, 0.25) is 0 Å². The van der Waals surface area contributed by atoms with Gasteiger partial charge in [0.05, 0.1) is 5.60 Å². The van der Waals surface area contributed by atoms with Gasteiger partial charge in [0.25, 0.3) is 0 Å². The molecule has 3 fully saturated rings. The first-order chi connectivity index (χ1) is 13.2. The Morgan fingerprint density at radius 3 is 2.54 bits per heavy atom. The molecule has 1 nitrogen and oxygen atoms in total. The highest BCUT2D eigenvalue weighted by Gasteiger charge is 2.65. The number of aliphatic hydroxyl groups is 1. The largest absolute Gasteiger partial charge is 0.389 e. The Morgan fingerprint density at radius 1 is 1.00 bits per heavy atom. The Hall–Kier alpha value is -0.300. The zero-order valence-corrected chi connectivity index (χ0v) is 19.4. The summed E-state index contributed by atoms with van der Waals surface area (Å²) in [6.45, 7) is 12.3. The molecule has 4 rings (SSSR count). The standard InChI is InChI=1S/C27H46O/c1-19(2)9-8-10-20(3)22-14-15-23-24-13-12-21-11-6-7-16-26(21,5)27(24,28)18-17-25(22,23)4/h12,19-20,22-24,28H,6-11,13-18H2,1-5H3/t20-,22-,23+,24+,25-,26+,27?/m1/s1. The third-order valence-corrected chi connectivity index (χ3v) is 10.4. The molecule has 4 aliphatic carbocycles. The second-order valence-corrected chi connectivity index (χ2v) is 12.1. The molecule has 3 saturated carbocycles. The van der Waals surface area contributed by atoms with Crippen molar-refractivity contribution >= 4 is 0 Å². The Kier molecular flexibility index (Phi) is 5.56. The monoisotopic (exact) mass is 386 g/mol. The van der Waals surface area contributed by atoms with E-state index in [0.29, 0.717) is 11.3 Å². The van der Waals surface area contributed by atoms with E-state index in [9.17, 15) is 5.11 Å². The van der Waals surface area contributed by atoms with Crippen molar-refractivity contribution in [3.05, 3.63) is 11.6 Å². The Balaban J connectivity index is 1.54. The van der Waals surface area contributed by atoms with E-state index in [4.69, 9.17) is 0 Å². The van der Waals surface area contributed by atoms with Crippen LogP contribution in [0.3, 0.4) is 0 Å². The molecule has 0 spiro atoms. The first kappa shape index (κ1) is 21.0. The van der Waals surface area contributed by atoms with E-state index < -0.39 is 5.60 Å². The van der Waals surface area contributed by atoms with Gasteiger partial charge in [-0.25, -0.2) is 0 Å². The van der Waals surface area contributed by atoms with Crippen molar-refractivity contribution in [1.82, 2.24) is 0 Å². The molecular formula is C27H46O. The third kappa shape index (κ3) is 3.05. The van der Waals surface area contributed by atoms with Gasteiger partial charge in [0.2, 0.25) is 0 Å². The van der Waals surface area contributed by atoms with E-state index in [-0.39, 0.29) is 5.41 Å². The van der Waals surface area contributed by atoms with Crippen molar-refractivity contribution < 1.29 is 5.11 Å². The van der Waals surface area contributed by atoms with E-state index in [1.807, 2.05) is 0 Å². The van der Waals surface area contributed by atoms with Crippen LogP contribution < -0.4 is 0 Å². The Labute approximate surface area is 174 Å². The van der Waals surface area contributed by atoms with Crippen LogP contribution in [0.5, 0.6) is 0 Å². The molecule has 0 aliphatic heterocycles. The van der Waals surface area contributed by atoms with E-state index >= 15 is 0 Å². The molecule has 1 heteroatoms. The van der Waals surface area contributed by atoms with Crippen molar-refractivity contribution in [2.75, 3.05) is 0 Å². The van der Waals surface area contributed by atoms with E-state index in [1.165, 1.54) is 64.2 Å². The molecular weight excluding hydrogens is 340 g/mol. The van der Waals surface area contributed by atoms with Crippen molar-refractivity contribution in [2.24, 2.45) is 40.4 Å². The van der Waals surface area contributed by atoms with Gasteiger partial charge in [-0.3, -0.25) is 0 Å². The zero-order valence-electron chi connectivity index (χ0n) is 19.4. The van der Waals surface area contributed by atoms with Gasteiger partial charge < -0.3 is 5.11 Å². The number of allylic oxidation sites excluding steroid dienone is 1. The maximum absolute atomic E-state index is 12.2. The molecule has 160 valence electrons. The lowest BCUT2D eigenvalue weighted by molar-refractivity contribution is -0.186. The first-order valence-corrected chi connectivity index (χ1v) is 12.6. The topological polar surface area (TPSA) is 20.2 Å². The lowest BCUT2D eigenvalue weighted by Crippen LogP contribution is -2.62. The van der Waals surface area contributed by atoms with Gasteiger partial charge in [0.15, 0.2) is 0 Å². The van der Waals surface area contributed by atoms with Gasteiger partial charge in [-0.05, 0) is 86.4 Å². The quantitative estimate of drug-likeness (QED) is 0.484. The summed E-state index contributed by atoms with van der Waals surface area (Å²) in [5, 5.41) is 12.2. The minimum Gasteiger partial charge on any atom is -0.389 e. The Morgan fingerprint density at radius 2 is 1.79 bits per heavy atom. The van der Waals surface area contributed by atoms with Crippen LogP contribution >= 0.6 is 0 Å².